The normalized spacial score (nSPS) is 16.7. The monoisotopic (exact) mass is 444 g/mol. The summed E-state index contributed by atoms with van der Waals surface area (Å²) in [4.78, 5) is 0. The van der Waals surface area contributed by atoms with Crippen LogP contribution in [0.15, 0.2) is 128 Å². The lowest BCUT2D eigenvalue weighted by Crippen LogP contribution is -2.22. The molecule has 1 aliphatic carbocycles. The lowest BCUT2D eigenvalue weighted by molar-refractivity contribution is 0.713. The van der Waals surface area contributed by atoms with E-state index in [-0.39, 0.29) is 5.41 Å². The number of hydrogen-bond donors (Lipinski definition) is 0. The largest absolute Gasteiger partial charge is 0.0991 e. The van der Waals surface area contributed by atoms with Crippen LogP contribution >= 0.6 is 11.6 Å². The van der Waals surface area contributed by atoms with E-state index in [2.05, 4.69) is 98.9 Å². The van der Waals surface area contributed by atoms with Crippen LogP contribution in [-0.2, 0) is 5.41 Å². The maximum atomic E-state index is 6.49. The van der Waals surface area contributed by atoms with Crippen molar-refractivity contribution in [2.75, 3.05) is 0 Å². The van der Waals surface area contributed by atoms with Gasteiger partial charge in [0.1, 0.15) is 0 Å². The van der Waals surface area contributed by atoms with Gasteiger partial charge in [0.2, 0.25) is 0 Å². The third-order valence-electron chi connectivity index (χ3n) is 6.79. The average molecular weight is 445 g/mol. The van der Waals surface area contributed by atoms with Crippen molar-refractivity contribution >= 4 is 11.6 Å². The Bertz CT molecular complexity index is 1390. The van der Waals surface area contributed by atoms with Crippen molar-refractivity contribution in [3.8, 4) is 33.4 Å². The first-order valence-electron chi connectivity index (χ1n) is 11.1. The Morgan fingerprint density at radius 2 is 1.42 bits per heavy atom. The molecular weight excluding hydrogens is 420 g/mol. The molecule has 0 spiro atoms. The number of benzene rings is 4. The highest BCUT2D eigenvalue weighted by Crippen LogP contribution is 2.56. The first-order valence-corrected chi connectivity index (χ1v) is 11.5. The number of allylic oxidation sites excluding steroid dienone is 4. The van der Waals surface area contributed by atoms with E-state index >= 15 is 0 Å². The Balaban J connectivity index is 1.72. The van der Waals surface area contributed by atoms with Crippen molar-refractivity contribution in [3.05, 3.63) is 144 Å². The fourth-order valence-electron chi connectivity index (χ4n) is 5.14. The number of fused-ring (bicyclic) bond motifs is 3. The molecule has 160 valence electrons. The highest BCUT2D eigenvalue weighted by Gasteiger charge is 2.42. The van der Waals surface area contributed by atoms with Gasteiger partial charge in [-0.3, -0.25) is 0 Å². The maximum Gasteiger partial charge on any atom is 0.0436 e. The Morgan fingerprint density at radius 1 is 0.727 bits per heavy atom. The summed E-state index contributed by atoms with van der Waals surface area (Å²) in [6.07, 6.45) is 5.81. The fourth-order valence-corrected chi connectivity index (χ4v) is 5.31. The van der Waals surface area contributed by atoms with E-state index in [1.165, 1.54) is 44.5 Å². The number of hydrogen-bond acceptors (Lipinski definition) is 0. The van der Waals surface area contributed by atoms with Gasteiger partial charge in [-0.2, -0.15) is 0 Å². The molecule has 0 aromatic heterocycles. The molecule has 0 fully saturated rings. The highest BCUT2D eigenvalue weighted by atomic mass is 35.5. The molecule has 0 saturated carbocycles. The van der Waals surface area contributed by atoms with Gasteiger partial charge in [0.15, 0.2) is 0 Å². The standard InChI is InChI=1S/C32H25Cl/c1-4-10-25(5-2)32(3)29-14-9-13-27(31(29)28-20-19-26(33)21-30(28)32)24-17-15-23(16-18-24)22-11-7-6-8-12-22/h4-21H,1-2H2,3H3/b25-10+. The summed E-state index contributed by atoms with van der Waals surface area (Å²) in [5.74, 6) is 0. The van der Waals surface area contributed by atoms with Crippen LogP contribution < -0.4 is 0 Å². The van der Waals surface area contributed by atoms with Gasteiger partial charge in [-0.15, -0.1) is 0 Å². The second-order valence-corrected chi connectivity index (χ2v) is 8.98. The van der Waals surface area contributed by atoms with Crippen molar-refractivity contribution in [2.24, 2.45) is 0 Å². The maximum absolute atomic E-state index is 6.49. The van der Waals surface area contributed by atoms with Crippen molar-refractivity contribution in [1.82, 2.24) is 0 Å². The zero-order valence-electron chi connectivity index (χ0n) is 18.7. The molecule has 1 aliphatic rings. The van der Waals surface area contributed by atoms with Gasteiger partial charge in [-0.25, -0.2) is 0 Å². The lowest BCUT2D eigenvalue weighted by atomic mass is 9.73. The van der Waals surface area contributed by atoms with Gasteiger partial charge >= 0.3 is 0 Å². The molecule has 0 aliphatic heterocycles. The molecule has 0 amide bonds. The predicted molar refractivity (Wildman–Crippen MR) is 143 cm³/mol. The third kappa shape index (κ3) is 3.39. The van der Waals surface area contributed by atoms with E-state index in [1.807, 2.05) is 30.4 Å². The predicted octanol–water partition coefficient (Wildman–Crippen LogP) is 9.26. The van der Waals surface area contributed by atoms with Crippen molar-refractivity contribution < 1.29 is 0 Å². The second-order valence-electron chi connectivity index (χ2n) is 8.55. The van der Waals surface area contributed by atoms with Gasteiger partial charge in [0.25, 0.3) is 0 Å². The summed E-state index contributed by atoms with van der Waals surface area (Å²) in [6.45, 7) is 10.3. The minimum Gasteiger partial charge on any atom is -0.0991 e. The summed E-state index contributed by atoms with van der Waals surface area (Å²) in [7, 11) is 0. The van der Waals surface area contributed by atoms with Crippen LogP contribution in [-0.4, -0.2) is 0 Å². The highest BCUT2D eigenvalue weighted by molar-refractivity contribution is 6.30. The van der Waals surface area contributed by atoms with Gasteiger partial charge in [-0.1, -0.05) is 122 Å². The molecule has 33 heavy (non-hydrogen) atoms. The first kappa shape index (κ1) is 21.2. The van der Waals surface area contributed by atoms with E-state index in [9.17, 15) is 0 Å². The molecule has 0 nitrogen and oxygen atoms in total. The summed E-state index contributed by atoms with van der Waals surface area (Å²) in [5, 5.41) is 0.739. The van der Waals surface area contributed by atoms with Crippen molar-refractivity contribution in [2.45, 2.75) is 12.3 Å². The molecule has 0 heterocycles. The van der Waals surface area contributed by atoms with Gasteiger partial charge in [-0.05, 0) is 69.1 Å². The minimum absolute atomic E-state index is 0.356. The van der Waals surface area contributed by atoms with Crippen LogP contribution in [0.3, 0.4) is 0 Å². The molecule has 1 unspecified atom stereocenters. The molecule has 1 heteroatoms. The number of rotatable bonds is 5. The van der Waals surface area contributed by atoms with Crippen molar-refractivity contribution in [1.29, 1.82) is 0 Å². The molecule has 0 bridgehead atoms. The third-order valence-corrected chi connectivity index (χ3v) is 7.03. The molecule has 4 aromatic rings. The second kappa shape index (κ2) is 8.39. The minimum atomic E-state index is -0.356. The summed E-state index contributed by atoms with van der Waals surface area (Å²) in [6, 6.07) is 32.1. The zero-order valence-corrected chi connectivity index (χ0v) is 19.4. The quantitative estimate of drug-likeness (QED) is 0.269. The Morgan fingerprint density at radius 3 is 2.12 bits per heavy atom. The molecule has 0 N–H and O–H groups in total. The molecule has 1 atom stereocenters. The zero-order chi connectivity index (χ0) is 23.0. The van der Waals surface area contributed by atoms with Gasteiger partial charge in [0.05, 0.1) is 0 Å². The van der Waals surface area contributed by atoms with Crippen molar-refractivity contribution in [3.63, 3.8) is 0 Å². The van der Waals surface area contributed by atoms with E-state index in [4.69, 9.17) is 11.6 Å². The van der Waals surface area contributed by atoms with Crippen LogP contribution in [0.2, 0.25) is 5.02 Å². The number of halogens is 1. The average Bonchev–Trinajstić information content (AvgIpc) is 3.12. The topological polar surface area (TPSA) is 0 Å². The van der Waals surface area contributed by atoms with E-state index in [1.54, 1.807) is 0 Å². The molecular formula is C32H25Cl. The SMILES string of the molecule is C=C/C=C(\C=C)C1(C)c2cc(Cl)ccc2-c2c(-c3ccc(-c4ccccc4)cc3)cccc21. The van der Waals surface area contributed by atoms with Gasteiger partial charge in [0, 0.05) is 10.4 Å². The van der Waals surface area contributed by atoms with Crippen LogP contribution in [0.5, 0.6) is 0 Å². The molecule has 0 saturated heterocycles. The summed E-state index contributed by atoms with van der Waals surface area (Å²) >= 11 is 6.49. The Hall–Kier alpha value is -3.61. The summed E-state index contributed by atoms with van der Waals surface area (Å²) in [5.41, 5.74) is 10.6. The molecule has 5 rings (SSSR count). The molecule has 0 radical (unpaired) electrons. The first-order chi connectivity index (χ1) is 16.1. The van der Waals surface area contributed by atoms with Gasteiger partial charge < -0.3 is 0 Å². The summed E-state index contributed by atoms with van der Waals surface area (Å²) < 4.78 is 0. The lowest BCUT2D eigenvalue weighted by Gasteiger charge is -2.29. The van der Waals surface area contributed by atoms with E-state index in [0.29, 0.717) is 0 Å². The fraction of sp³-hybridized carbons (Fsp3) is 0.0625. The molecule has 4 aromatic carbocycles. The smallest absolute Gasteiger partial charge is 0.0436 e. The van der Waals surface area contributed by atoms with E-state index < -0.39 is 0 Å². The van der Waals surface area contributed by atoms with Crippen LogP contribution in [0.25, 0.3) is 33.4 Å². The van der Waals surface area contributed by atoms with Crippen LogP contribution in [0, 0.1) is 0 Å². The Kier molecular flexibility index (Phi) is 5.40. The van der Waals surface area contributed by atoms with Crippen LogP contribution in [0.1, 0.15) is 18.1 Å². The van der Waals surface area contributed by atoms with Crippen LogP contribution in [0.4, 0.5) is 0 Å². The Labute approximate surface area is 201 Å². The van der Waals surface area contributed by atoms with E-state index in [0.717, 1.165) is 10.6 Å².